The third-order valence-corrected chi connectivity index (χ3v) is 3.94. The van der Waals surface area contributed by atoms with Crippen molar-refractivity contribution < 1.29 is 9.52 Å². The Bertz CT molecular complexity index is 911. The second-order valence-electron chi connectivity index (χ2n) is 5.68. The Morgan fingerprint density at radius 1 is 1.30 bits per heavy atom. The molecule has 7 nitrogen and oxygen atoms in total. The van der Waals surface area contributed by atoms with E-state index in [1.54, 1.807) is 24.6 Å². The van der Waals surface area contributed by atoms with Gasteiger partial charge in [-0.05, 0) is 43.7 Å². The van der Waals surface area contributed by atoms with Crippen molar-refractivity contribution in [1.82, 2.24) is 19.6 Å². The summed E-state index contributed by atoms with van der Waals surface area (Å²) in [5.41, 5.74) is 5.93. The highest BCUT2D eigenvalue weighted by molar-refractivity contribution is 5.63. The number of anilines is 1. The van der Waals surface area contributed by atoms with E-state index in [9.17, 15) is 5.11 Å². The summed E-state index contributed by atoms with van der Waals surface area (Å²) in [7, 11) is 0. The van der Waals surface area contributed by atoms with Gasteiger partial charge in [-0.1, -0.05) is 5.92 Å². The summed E-state index contributed by atoms with van der Waals surface area (Å²) in [6.45, 7) is 0. The molecule has 0 saturated heterocycles. The van der Waals surface area contributed by atoms with E-state index in [0.717, 1.165) is 12.8 Å². The molecule has 116 valence electrons. The van der Waals surface area contributed by atoms with Gasteiger partial charge < -0.3 is 15.3 Å². The summed E-state index contributed by atoms with van der Waals surface area (Å²) in [6.07, 6.45) is 6.59. The van der Waals surface area contributed by atoms with E-state index >= 15 is 0 Å². The maximum atomic E-state index is 10.3. The molecular formula is C16H15N5O2. The van der Waals surface area contributed by atoms with Crippen LogP contribution < -0.4 is 5.73 Å². The molecule has 0 spiro atoms. The topological polar surface area (TPSA) is 102 Å². The van der Waals surface area contributed by atoms with Gasteiger partial charge in [0.2, 0.25) is 5.82 Å². The van der Waals surface area contributed by atoms with E-state index in [0.29, 0.717) is 35.8 Å². The minimum Gasteiger partial charge on any atom is -0.461 e. The molecule has 3 heterocycles. The lowest BCUT2D eigenvalue weighted by atomic mass is 10.0. The molecule has 0 radical (unpaired) electrons. The second kappa shape index (κ2) is 5.11. The molecule has 1 aliphatic rings. The first-order valence-electron chi connectivity index (χ1n) is 7.45. The van der Waals surface area contributed by atoms with Gasteiger partial charge in [0.15, 0.2) is 17.2 Å². The van der Waals surface area contributed by atoms with Gasteiger partial charge in [-0.3, -0.25) is 0 Å². The maximum Gasteiger partial charge on any atom is 0.218 e. The van der Waals surface area contributed by atoms with Crippen LogP contribution in [0, 0.1) is 11.8 Å². The summed E-state index contributed by atoms with van der Waals surface area (Å²) >= 11 is 0. The fraction of sp³-hybridized carbons (Fsp3) is 0.312. The Morgan fingerprint density at radius 3 is 2.87 bits per heavy atom. The van der Waals surface area contributed by atoms with Crippen molar-refractivity contribution in [1.29, 1.82) is 0 Å². The fourth-order valence-electron chi connectivity index (χ4n) is 2.75. The highest BCUT2D eigenvalue weighted by Crippen LogP contribution is 2.28. The molecule has 1 saturated carbocycles. The van der Waals surface area contributed by atoms with E-state index in [4.69, 9.17) is 10.2 Å². The molecule has 4 rings (SSSR count). The standard InChI is InChI=1S/C16H15N5O2/c17-13-15-19-14(12-4-3-9-23-12)20-21(15)10-11(18-13)5-8-16(22)6-1-2-7-16/h3-4,9-10,22H,1-2,6-7H2,(H2,17,18). The van der Waals surface area contributed by atoms with Crippen LogP contribution in [-0.4, -0.2) is 30.3 Å². The first-order valence-corrected chi connectivity index (χ1v) is 7.45. The summed E-state index contributed by atoms with van der Waals surface area (Å²) in [5.74, 6) is 7.04. The van der Waals surface area contributed by atoms with Gasteiger partial charge in [0, 0.05) is 0 Å². The van der Waals surface area contributed by atoms with Crippen molar-refractivity contribution in [3.8, 4) is 23.4 Å². The van der Waals surface area contributed by atoms with Crippen LogP contribution in [0.5, 0.6) is 0 Å². The molecule has 1 aliphatic carbocycles. The van der Waals surface area contributed by atoms with Crippen LogP contribution >= 0.6 is 0 Å². The quantitative estimate of drug-likeness (QED) is 0.662. The zero-order valence-electron chi connectivity index (χ0n) is 12.4. The fourth-order valence-corrected chi connectivity index (χ4v) is 2.75. The van der Waals surface area contributed by atoms with Crippen LogP contribution in [0.4, 0.5) is 5.82 Å². The number of rotatable bonds is 1. The number of aliphatic hydroxyl groups is 1. The lowest BCUT2D eigenvalue weighted by Gasteiger charge is -2.12. The number of nitrogens with zero attached hydrogens (tertiary/aromatic N) is 4. The molecule has 0 aromatic carbocycles. The molecule has 0 aliphatic heterocycles. The minimum absolute atomic E-state index is 0.237. The number of fused-ring (bicyclic) bond motifs is 1. The average Bonchev–Trinajstić information content (AvgIpc) is 3.25. The van der Waals surface area contributed by atoms with Gasteiger partial charge >= 0.3 is 0 Å². The summed E-state index contributed by atoms with van der Waals surface area (Å²) in [5, 5.41) is 14.6. The maximum absolute atomic E-state index is 10.3. The van der Waals surface area contributed by atoms with Crippen LogP contribution in [0.2, 0.25) is 0 Å². The number of furan rings is 1. The van der Waals surface area contributed by atoms with Gasteiger partial charge in [-0.25, -0.2) is 14.5 Å². The molecule has 1 fully saturated rings. The molecule has 0 atom stereocenters. The Kier molecular flexibility index (Phi) is 3.06. The number of hydrogen-bond acceptors (Lipinski definition) is 6. The van der Waals surface area contributed by atoms with Crippen LogP contribution in [-0.2, 0) is 0 Å². The van der Waals surface area contributed by atoms with Gasteiger partial charge in [0.1, 0.15) is 11.3 Å². The van der Waals surface area contributed by atoms with Gasteiger partial charge in [0.05, 0.1) is 12.5 Å². The third-order valence-electron chi connectivity index (χ3n) is 3.94. The van der Waals surface area contributed by atoms with E-state index in [-0.39, 0.29) is 5.82 Å². The van der Waals surface area contributed by atoms with Gasteiger partial charge in [-0.15, -0.1) is 5.10 Å². The van der Waals surface area contributed by atoms with Crippen LogP contribution in [0.1, 0.15) is 31.4 Å². The van der Waals surface area contributed by atoms with Crippen molar-refractivity contribution in [2.75, 3.05) is 5.73 Å². The van der Waals surface area contributed by atoms with E-state index < -0.39 is 5.60 Å². The normalized spacial score (nSPS) is 16.4. The van der Waals surface area contributed by atoms with Crippen LogP contribution in [0.15, 0.2) is 29.0 Å². The van der Waals surface area contributed by atoms with Crippen molar-refractivity contribution in [3.63, 3.8) is 0 Å². The van der Waals surface area contributed by atoms with Gasteiger partial charge in [-0.2, -0.15) is 0 Å². The van der Waals surface area contributed by atoms with E-state index in [1.165, 1.54) is 4.52 Å². The van der Waals surface area contributed by atoms with Crippen molar-refractivity contribution in [2.24, 2.45) is 0 Å². The first-order chi connectivity index (χ1) is 11.1. The van der Waals surface area contributed by atoms with E-state index in [2.05, 4.69) is 26.9 Å². The molecule has 0 amide bonds. The lowest BCUT2D eigenvalue weighted by Crippen LogP contribution is -2.20. The van der Waals surface area contributed by atoms with Crippen LogP contribution in [0.25, 0.3) is 17.2 Å². The SMILES string of the molecule is Nc1nc(C#CC2(O)CCCC2)cn2nc(-c3ccco3)nc12. The molecule has 0 bridgehead atoms. The van der Waals surface area contributed by atoms with Crippen molar-refractivity contribution >= 4 is 11.5 Å². The highest BCUT2D eigenvalue weighted by Gasteiger charge is 2.28. The Morgan fingerprint density at radius 2 is 2.13 bits per heavy atom. The summed E-state index contributed by atoms with van der Waals surface area (Å²) in [4.78, 5) is 8.55. The van der Waals surface area contributed by atoms with Crippen molar-refractivity contribution in [2.45, 2.75) is 31.3 Å². The average molecular weight is 309 g/mol. The molecular weight excluding hydrogens is 294 g/mol. The molecule has 3 aromatic rings. The molecule has 23 heavy (non-hydrogen) atoms. The minimum atomic E-state index is -0.910. The number of nitrogens with two attached hydrogens (primary N) is 1. The largest absolute Gasteiger partial charge is 0.461 e. The predicted molar refractivity (Wildman–Crippen MR) is 83.2 cm³/mol. The van der Waals surface area contributed by atoms with Gasteiger partial charge in [0.25, 0.3) is 0 Å². The Hall–Kier alpha value is -2.85. The zero-order valence-corrected chi connectivity index (χ0v) is 12.4. The Balaban J connectivity index is 1.74. The Labute approximate surface area is 132 Å². The molecule has 7 heteroatoms. The molecule has 3 N–H and O–H groups in total. The number of aromatic nitrogens is 4. The lowest BCUT2D eigenvalue weighted by molar-refractivity contribution is 0.110. The predicted octanol–water partition coefficient (Wildman–Crippen LogP) is 1.62. The molecule has 3 aromatic heterocycles. The number of nitrogen functional groups attached to an aromatic ring is 1. The van der Waals surface area contributed by atoms with Crippen LogP contribution in [0.3, 0.4) is 0 Å². The zero-order chi connectivity index (χ0) is 15.9. The summed E-state index contributed by atoms with van der Waals surface area (Å²) < 4.78 is 6.82. The number of hydrogen-bond donors (Lipinski definition) is 2. The summed E-state index contributed by atoms with van der Waals surface area (Å²) in [6, 6.07) is 3.54. The smallest absolute Gasteiger partial charge is 0.218 e. The monoisotopic (exact) mass is 309 g/mol. The first kappa shape index (κ1) is 13.8. The van der Waals surface area contributed by atoms with Crippen molar-refractivity contribution in [3.05, 3.63) is 30.3 Å². The molecule has 0 unspecified atom stereocenters. The van der Waals surface area contributed by atoms with E-state index in [1.807, 2.05) is 0 Å². The third kappa shape index (κ3) is 2.53. The second-order valence-corrected chi connectivity index (χ2v) is 5.68. The highest BCUT2D eigenvalue weighted by atomic mass is 16.3.